The second-order valence-corrected chi connectivity index (χ2v) is 14.9. The van der Waals surface area contributed by atoms with Crippen LogP contribution in [0.15, 0.2) is 54.7 Å². The molecular formula is C41H51F3N8O6. The highest BCUT2D eigenvalue weighted by molar-refractivity contribution is 5.87. The largest absolute Gasteiger partial charge is 0.453 e. The molecule has 1 aliphatic heterocycles. The first-order valence-corrected chi connectivity index (χ1v) is 19.3. The average Bonchev–Trinajstić information content (AvgIpc) is 3.98. The number of likely N-dealkylation sites (tertiary alicyclic amines) is 1. The molecule has 1 aliphatic rings. The van der Waals surface area contributed by atoms with Gasteiger partial charge < -0.3 is 39.9 Å². The fourth-order valence-corrected chi connectivity index (χ4v) is 7.04. The van der Waals surface area contributed by atoms with Crippen molar-refractivity contribution >= 4 is 24.0 Å². The zero-order valence-electron chi connectivity index (χ0n) is 33.7. The van der Waals surface area contributed by atoms with E-state index in [2.05, 4.69) is 35.3 Å². The number of ether oxygens (including phenoxy) is 2. The lowest BCUT2D eigenvalue weighted by molar-refractivity contribution is -0.140. The second kappa shape index (κ2) is 18.6. The molecule has 58 heavy (non-hydrogen) atoms. The van der Waals surface area contributed by atoms with Crippen LogP contribution in [0.25, 0.3) is 33.6 Å². The number of rotatable bonds is 14. The topological polar surface area (TPSA) is 175 Å². The van der Waals surface area contributed by atoms with E-state index in [4.69, 9.17) is 4.74 Å². The molecule has 0 radical (unpaired) electrons. The summed E-state index contributed by atoms with van der Waals surface area (Å²) < 4.78 is 52.4. The van der Waals surface area contributed by atoms with Gasteiger partial charge in [-0.15, -0.1) is 0 Å². The SMILES string of the molecule is CCCN(Cc1nc(C(F)(F)F)c(-c2ccc(-c3ccc(-c4cnc([C@@H]5CCCN5C(=O)C(NC(=O)OC)C(C)C)[nH]4)cc3)cc2)[nH]1)C(=O)C(NC(=O)OC)C(C)C. The molecule has 2 aromatic heterocycles. The first-order valence-electron chi connectivity index (χ1n) is 19.3. The van der Waals surface area contributed by atoms with Gasteiger partial charge in [0.25, 0.3) is 0 Å². The van der Waals surface area contributed by atoms with Crippen molar-refractivity contribution in [3.8, 4) is 33.6 Å². The Bertz CT molecular complexity index is 2040. The first-order chi connectivity index (χ1) is 27.6. The van der Waals surface area contributed by atoms with Crippen molar-refractivity contribution in [3.05, 3.63) is 72.1 Å². The average molecular weight is 809 g/mol. The van der Waals surface area contributed by atoms with E-state index in [0.29, 0.717) is 25.2 Å². The van der Waals surface area contributed by atoms with Gasteiger partial charge in [0.1, 0.15) is 23.7 Å². The van der Waals surface area contributed by atoms with Gasteiger partial charge in [0.15, 0.2) is 5.69 Å². The van der Waals surface area contributed by atoms with Crippen molar-refractivity contribution in [2.75, 3.05) is 27.3 Å². The minimum absolute atomic E-state index is 0.0473. The summed E-state index contributed by atoms with van der Waals surface area (Å²) >= 11 is 0. The first kappa shape index (κ1) is 43.3. The molecule has 17 heteroatoms. The number of benzene rings is 2. The standard InChI is InChI=1S/C41H51F3N8O6/c1-8-19-51(37(53)32(23(2)3)49-39(55)57-6)22-31-47-34(35(48-31)41(42,43)44)28-17-13-26(14-18-28)25-11-15-27(16-12-25)29-21-45-36(46-29)30-10-9-20-52(30)38(54)33(24(4)5)50-40(56)58-7/h11-18,21,23-24,30,32-33H,8-10,19-20,22H2,1-7H3,(H,45,46)(H,47,48)(H,49,55)(H,50,56)/t30-,32?,33?/m0/s1. The van der Waals surface area contributed by atoms with E-state index in [1.54, 1.807) is 49.2 Å². The molecule has 312 valence electrons. The zero-order valence-corrected chi connectivity index (χ0v) is 33.7. The summed E-state index contributed by atoms with van der Waals surface area (Å²) in [4.78, 5) is 68.7. The van der Waals surface area contributed by atoms with Crippen LogP contribution in [0.3, 0.4) is 0 Å². The highest BCUT2D eigenvalue weighted by atomic mass is 19.4. The van der Waals surface area contributed by atoms with Crippen LogP contribution < -0.4 is 10.6 Å². The van der Waals surface area contributed by atoms with E-state index in [1.165, 1.54) is 19.1 Å². The molecule has 4 amide bonds. The summed E-state index contributed by atoms with van der Waals surface area (Å²) in [6.45, 7) is 9.59. The lowest BCUT2D eigenvalue weighted by Crippen LogP contribution is -2.51. The van der Waals surface area contributed by atoms with Gasteiger partial charge in [0, 0.05) is 18.7 Å². The van der Waals surface area contributed by atoms with Crippen LogP contribution in [0.5, 0.6) is 0 Å². The van der Waals surface area contributed by atoms with Gasteiger partial charge in [-0.1, -0.05) is 83.1 Å². The van der Waals surface area contributed by atoms with Crippen molar-refractivity contribution in [2.45, 2.75) is 84.7 Å². The minimum Gasteiger partial charge on any atom is -0.453 e. The Morgan fingerprint density at radius 2 is 1.41 bits per heavy atom. The molecule has 1 saturated heterocycles. The van der Waals surface area contributed by atoms with Crippen LogP contribution in [0.2, 0.25) is 0 Å². The number of nitrogens with zero attached hydrogens (tertiary/aromatic N) is 4. The number of H-pyrrole nitrogens is 2. The molecule has 3 atom stereocenters. The molecule has 4 aromatic rings. The summed E-state index contributed by atoms with van der Waals surface area (Å²) in [7, 11) is 2.44. The Kier molecular flexibility index (Phi) is 13.9. The number of hydrogen-bond acceptors (Lipinski definition) is 8. The fourth-order valence-electron chi connectivity index (χ4n) is 7.04. The van der Waals surface area contributed by atoms with E-state index >= 15 is 0 Å². The quantitative estimate of drug-likeness (QED) is 0.103. The number of aromatic nitrogens is 4. The summed E-state index contributed by atoms with van der Waals surface area (Å²) in [5.74, 6) is -0.536. The number of methoxy groups -OCH3 is 2. The number of nitrogens with one attached hydrogen (secondary N) is 4. The molecule has 4 N–H and O–H groups in total. The maximum Gasteiger partial charge on any atom is 0.435 e. The van der Waals surface area contributed by atoms with Crippen molar-refractivity contribution < 1.29 is 41.8 Å². The number of carbonyl (C=O) groups excluding carboxylic acids is 4. The Morgan fingerprint density at radius 1 is 0.862 bits per heavy atom. The minimum atomic E-state index is -4.78. The molecule has 0 aliphatic carbocycles. The van der Waals surface area contributed by atoms with Gasteiger partial charge in [-0.3, -0.25) is 9.59 Å². The third-order valence-electron chi connectivity index (χ3n) is 10.1. The Hall–Kier alpha value is -5.87. The predicted octanol–water partition coefficient (Wildman–Crippen LogP) is 7.32. The maximum absolute atomic E-state index is 14.3. The summed E-state index contributed by atoms with van der Waals surface area (Å²) in [5.41, 5.74) is 2.13. The molecule has 2 aromatic carbocycles. The van der Waals surface area contributed by atoms with Crippen LogP contribution in [0.1, 0.15) is 77.3 Å². The summed E-state index contributed by atoms with van der Waals surface area (Å²) in [5, 5.41) is 5.18. The van der Waals surface area contributed by atoms with Gasteiger partial charge in [-0.05, 0) is 47.8 Å². The summed E-state index contributed by atoms with van der Waals surface area (Å²) in [6, 6.07) is 12.3. The molecular weight excluding hydrogens is 757 g/mol. The second-order valence-electron chi connectivity index (χ2n) is 14.9. The number of hydrogen-bond donors (Lipinski definition) is 4. The lowest BCUT2D eigenvalue weighted by atomic mass is 10.0. The number of amides is 4. The third kappa shape index (κ3) is 9.98. The fraction of sp³-hybridized carbons (Fsp3) is 0.463. The van der Waals surface area contributed by atoms with Crippen LogP contribution in [-0.2, 0) is 31.8 Å². The number of aromatic amines is 2. The van der Waals surface area contributed by atoms with Crippen LogP contribution in [0, 0.1) is 11.8 Å². The van der Waals surface area contributed by atoms with E-state index < -0.39 is 42.0 Å². The molecule has 0 saturated carbocycles. The van der Waals surface area contributed by atoms with Gasteiger partial charge in [-0.2, -0.15) is 13.2 Å². The highest BCUT2D eigenvalue weighted by Crippen LogP contribution is 2.37. The van der Waals surface area contributed by atoms with E-state index in [-0.39, 0.29) is 54.0 Å². The number of carbonyl (C=O) groups is 4. The van der Waals surface area contributed by atoms with Crippen LogP contribution in [-0.4, -0.2) is 93.1 Å². The molecule has 2 unspecified atom stereocenters. The van der Waals surface area contributed by atoms with Crippen LogP contribution in [0.4, 0.5) is 22.8 Å². The van der Waals surface area contributed by atoms with Gasteiger partial charge in [0.05, 0.1) is 44.4 Å². The number of alkyl halides is 3. The number of imidazole rings is 2. The van der Waals surface area contributed by atoms with E-state index in [1.807, 2.05) is 45.0 Å². The van der Waals surface area contributed by atoms with Crippen molar-refractivity contribution in [1.29, 1.82) is 0 Å². The smallest absolute Gasteiger partial charge is 0.435 e. The molecule has 3 heterocycles. The number of alkyl carbamates (subject to hydrolysis) is 2. The molecule has 1 fully saturated rings. The zero-order chi connectivity index (χ0) is 42.3. The normalized spacial score (nSPS) is 15.3. The Labute approximate surface area is 335 Å². The van der Waals surface area contributed by atoms with Gasteiger partial charge in [-0.25, -0.2) is 19.6 Å². The molecule has 0 spiro atoms. The van der Waals surface area contributed by atoms with Crippen LogP contribution >= 0.6 is 0 Å². The van der Waals surface area contributed by atoms with E-state index in [9.17, 15) is 32.3 Å². The van der Waals surface area contributed by atoms with Crippen molar-refractivity contribution in [2.24, 2.45) is 11.8 Å². The van der Waals surface area contributed by atoms with Crippen molar-refractivity contribution in [3.63, 3.8) is 0 Å². The molecule has 14 nitrogen and oxygen atoms in total. The van der Waals surface area contributed by atoms with Gasteiger partial charge in [0.2, 0.25) is 11.8 Å². The monoisotopic (exact) mass is 808 g/mol. The Morgan fingerprint density at radius 3 is 1.95 bits per heavy atom. The lowest BCUT2D eigenvalue weighted by Gasteiger charge is -2.30. The number of halogens is 3. The summed E-state index contributed by atoms with van der Waals surface area (Å²) in [6.07, 6.45) is -2.49. The maximum atomic E-state index is 14.3. The van der Waals surface area contributed by atoms with Crippen molar-refractivity contribution in [1.82, 2.24) is 40.4 Å². The van der Waals surface area contributed by atoms with E-state index in [0.717, 1.165) is 28.8 Å². The van der Waals surface area contributed by atoms with Gasteiger partial charge >= 0.3 is 18.4 Å². The third-order valence-corrected chi connectivity index (χ3v) is 10.1. The highest BCUT2D eigenvalue weighted by Gasteiger charge is 2.39. The molecule has 0 bridgehead atoms. The predicted molar refractivity (Wildman–Crippen MR) is 210 cm³/mol. The molecule has 5 rings (SSSR count). The Balaban J connectivity index is 1.32.